The van der Waals surface area contributed by atoms with E-state index in [2.05, 4.69) is 26.0 Å². The molecule has 0 heterocycles. The summed E-state index contributed by atoms with van der Waals surface area (Å²) in [6.45, 7) is 0.998. The van der Waals surface area contributed by atoms with Crippen molar-refractivity contribution >= 4 is 33.5 Å². The van der Waals surface area contributed by atoms with Gasteiger partial charge in [-0.15, -0.1) is 0 Å². The number of halogens is 1. The fraction of sp³-hybridized carbons (Fsp3) is 0.200. The second-order valence-electron chi connectivity index (χ2n) is 2.84. The van der Waals surface area contributed by atoms with Crippen LogP contribution in [0.15, 0.2) is 28.7 Å². The van der Waals surface area contributed by atoms with Crippen molar-refractivity contribution in [2.24, 2.45) is 0 Å². The topological polar surface area (TPSA) is 55.4 Å². The summed E-state index contributed by atoms with van der Waals surface area (Å²) in [5, 5.41) is 2.59. The van der Waals surface area contributed by atoms with Gasteiger partial charge in [0.2, 0.25) is 0 Å². The van der Waals surface area contributed by atoms with Crippen molar-refractivity contribution in [2.45, 2.75) is 6.92 Å². The Kier molecular flexibility index (Phi) is 4.30. The molecule has 4 nitrogen and oxygen atoms in total. The molecule has 1 amide bonds. The molecule has 0 fully saturated rings. The van der Waals surface area contributed by atoms with E-state index in [-0.39, 0.29) is 12.5 Å². The average Bonchev–Trinajstić information content (AvgIpc) is 2.19. The van der Waals surface area contributed by atoms with Crippen LogP contribution in [-0.2, 0) is 14.3 Å². The van der Waals surface area contributed by atoms with E-state index in [9.17, 15) is 9.59 Å². The first-order valence-electron chi connectivity index (χ1n) is 4.26. The molecule has 0 aliphatic heterocycles. The van der Waals surface area contributed by atoms with Gasteiger partial charge in [-0.3, -0.25) is 9.59 Å². The minimum Gasteiger partial charge on any atom is -0.456 e. The van der Waals surface area contributed by atoms with Crippen molar-refractivity contribution < 1.29 is 14.3 Å². The van der Waals surface area contributed by atoms with Crippen LogP contribution in [0.5, 0.6) is 0 Å². The highest BCUT2D eigenvalue weighted by molar-refractivity contribution is 9.10. The molecule has 0 saturated carbocycles. The predicted molar refractivity (Wildman–Crippen MR) is 59.4 cm³/mol. The van der Waals surface area contributed by atoms with E-state index in [0.717, 1.165) is 4.47 Å². The van der Waals surface area contributed by atoms with E-state index < -0.39 is 5.97 Å². The molecule has 0 saturated heterocycles. The Labute approximate surface area is 95.7 Å². The lowest BCUT2D eigenvalue weighted by molar-refractivity contribution is -0.144. The van der Waals surface area contributed by atoms with Crippen LogP contribution in [0.4, 0.5) is 5.69 Å². The number of carbonyl (C=O) groups is 2. The molecule has 0 unspecified atom stereocenters. The molecular weight excluding hydrogens is 262 g/mol. The van der Waals surface area contributed by atoms with Crippen LogP contribution in [-0.4, -0.2) is 18.5 Å². The Morgan fingerprint density at radius 3 is 2.47 bits per heavy atom. The average molecular weight is 272 g/mol. The van der Waals surface area contributed by atoms with Crippen molar-refractivity contribution in [3.05, 3.63) is 28.7 Å². The molecule has 1 aromatic carbocycles. The molecule has 0 aromatic heterocycles. The van der Waals surface area contributed by atoms with E-state index in [0.29, 0.717) is 5.69 Å². The van der Waals surface area contributed by atoms with Gasteiger partial charge in [-0.05, 0) is 24.3 Å². The number of hydrogen-bond acceptors (Lipinski definition) is 3. The molecule has 0 aliphatic rings. The van der Waals surface area contributed by atoms with Crippen LogP contribution in [0.3, 0.4) is 0 Å². The van der Waals surface area contributed by atoms with E-state index in [1.807, 2.05) is 0 Å². The maximum Gasteiger partial charge on any atom is 0.303 e. The summed E-state index contributed by atoms with van der Waals surface area (Å²) in [6, 6.07) is 7.11. The zero-order chi connectivity index (χ0) is 11.3. The van der Waals surface area contributed by atoms with E-state index in [4.69, 9.17) is 0 Å². The maximum atomic E-state index is 11.2. The SMILES string of the molecule is CC(=O)OCC(=O)Nc1ccc(Br)cc1. The lowest BCUT2D eigenvalue weighted by atomic mass is 10.3. The van der Waals surface area contributed by atoms with Crippen molar-refractivity contribution in [1.29, 1.82) is 0 Å². The van der Waals surface area contributed by atoms with E-state index in [1.165, 1.54) is 6.92 Å². The van der Waals surface area contributed by atoms with Gasteiger partial charge in [0.15, 0.2) is 6.61 Å². The standard InChI is InChI=1S/C10H10BrNO3/c1-7(13)15-6-10(14)12-9-4-2-8(11)3-5-9/h2-5H,6H2,1H3,(H,12,14). The van der Waals surface area contributed by atoms with Crippen molar-refractivity contribution in [3.8, 4) is 0 Å². The summed E-state index contributed by atoms with van der Waals surface area (Å²) in [5.41, 5.74) is 0.662. The molecule has 1 aromatic rings. The second-order valence-corrected chi connectivity index (χ2v) is 3.75. The van der Waals surface area contributed by atoms with Gasteiger partial charge in [0, 0.05) is 17.1 Å². The molecule has 0 bridgehead atoms. The van der Waals surface area contributed by atoms with Crippen molar-refractivity contribution in [2.75, 3.05) is 11.9 Å². The molecule has 5 heteroatoms. The fourth-order valence-electron chi connectivity index (χ4n) is 0.897. The number of benzene rings is 1. The largest absolute Gasteiger partial charge is 0.456 e. The first-order valence-corrected chi connectivity index (χ1v) is 5.06. The molecular formula is C10H10BrNO3. The smallest absolute Gasteiger partial charge is 0.303 e. The first-order chi connectivity index (χ1) is 7.08. The van der Waals surface area contributed by atoms with Crippen molar-refractivity contribution in [3.63, 3.8) is 0 Å². The van der Waals surface area contributed by atoms with Gasteiger partial charge in [0.25, 0.3) is 5.91 Å². The van der Waals surface area contributed by atoms with Crippen LogP contribution in [0.1, 0.15) is 6.92 Å². The molecule has 0 aliphatic carbocycles. The van der Waals surface area contributed by atoms with Gasteiger partial charge < -0.3 is 10.1 Å². The van der Waals surface area contributed by atoms with Gasteiger partial charge >= 0.3 is 5.97 Å². The molecule has 0 radical (unpaired) electrons. The van der Waals surface area contributed by atoms with Crippen LogP contribution >= 0.6 is 15.9 Å². The Morgan fingerprint density at radius 2 is 1.93 bits per heavy atom. The third-order valence-electron chi connectivity index (χ3n) is 1.53. The Bertz CT molecular complexity index is 361. The minimum absolute atomic E-state index is 0.259. The van der Waals surface area contributed by atoms with Crippen molar-refractivity contribution in [1.82, 2.24) is 0 Å². The maximum absolute atomic E-state index is 11.2. The van der Waals surface area contributed by atoms with Gasteiger partial charge in [-0.2, -0.15) is 0 Å². The Balaban J connectivity index is 2.44. The van der Waals surface area contributed by atoms with E-state index >= 15 is 0 Å². The molecule has 1 N–H and O–H groups in total. The minimum atomic E-state index is -0.471. The summed E-state index contributed by atoms with van der Waals surface area (Å²) >= 11 is 3.28. The zero-order valence-electron chi connectivity index (χ0n) is 8.12. The molecule has 0 atom stereocenters. The lowest BCUT2D eigenvalue weighted by Crippen LogP contribution is -2.19. The number of esters is 1. The zero-order valence-corrected chi connectivity index (χ0v) is 9.71. The number of hydrogen-bond donors (Lipinski definition) is 1. The third kappa shape index (κ3) is 4.60. The number of amides is 1. The quantitative estimate of drug-likeness (QED) is 0.855. The number of nitrogens with one attached hydrogen (secondary N) is 1. The van der Waals surface area contributed by atoms with E-state index in [1.54, 1.807) is 24.3 Å². The van der Waals surface area contributed by atoms with Gasteiger partial charge in [0.05, 0.1) is 0 Å². The Hall–Kier alpha value is -1.36. The normalized spacial score (nSPS) is 9.47. The third-order valence-corrected chi connectivity index (χ3v) is 2.06. The Morgan fingerprint density at radius 1 is 1.33 bits per heavy atom. The van der Waals surface area contributed by atoms with Crippen LogP contribution in [0, 0.1) is 0 Å². The van der Waals surface area contributed by atoms with Gasteiger partial charge in [-0.25, -0.2) is 0 Å². The summed E-state index contributed by atoms with van der Waals surface area (Å²) in [5.74, 6) is -0.825. The summed E-state index contributed by atoms with van der Waals surface area (Å²) < 4.78 is 5.47. The van der Waals surface area contributed by atoms with Crippen LogP contribution in [0.25, 0.3) is 0 Å². The number of rotatable bonds is 3. The van der Waals surface area contributed by atoms with Gasteiger partial charge in [-0.1, -0.05) is 15.9 Å². The number of ether oxygens (including phenoxy) is 1. The molecule has 80 valence electrons. The van der Waals surface area contributed by atoms with Crippen LogP contribution < -0.4 is 5.32 Å². The van der Waals surface area contributed by atoms with Gasteiger partial charge in [0.1, 0.15) is 0 Å². The molecule has 0 spiro atoms. The summed E-state index contributed by atoms with van der Waals surface area (Å²) in [7, 11) is 0. The number of carbonyl (C=O) groups excluding carboxylic acids is 2. The highest BCUT2D eigenvalue weighted by Crippen LogP contribution is 2.13. The lowest BCUT2D eigenvalue weighted by Gasteiger charge is -2.04. The first kappa shape index (κ1) is 11.7. The monoisotopic (exact) mass is 271 g/mol. The van der Waals surface area contributed by atoms with Crippen LogP contribution in [0.2, 0.25) is 0 Å². The summed E-state index contributed by atoms with van der Waals surface area (Å²) in [4.78, 5) is 21.6. The highest BCUT2D eigenvalue weighted by atomic mass is 79.9. The molecule has 1 rings (SSSR count). The highest BCUT2D eigenvalue weighted by Gasteiger charge is 2.03. The molecule has 15 heavy (non-hydrogen) atoms. The summed E-state index contributed by atoms with van der Waals surface area (Å²) in [6.07, 6.45) is 0. The fourth-order valence-corrected chi connectivity index (χ4v) is 1.16. The number of anilines is 1. The predicted octanol–water partition coefficient (Wildman–Crippen LogP) is 1.95. The second kappa shape index (κ2) is 5.50.